The standard InChI is InChI=1S/C16H17ClN2O/c1-11-6-8-15(13(17)10-11)19-16(20)9-7-12-4-2-3-5-14(12)18/h2-6,8,10H,7,9,18H2,1H3,(H,19,20). The number of nitrogens with one attached hydrogen (secondary N) is 1. The van der Waals surface area contributed by atoms with Gasteiger partial charge in [-0.25, -0.2) is 0 Å². The molecule has 20 heavy (non-hydrogen) atoms. The average molecular weight is 289 g/mol. The largest absolute Gasteiger partial charge is 0.399 e. The molecule has 2 rings (SSSR count). The van der Waals surface area contributed by atoms with Gasteiger partial charge in [0.15, 0.2) is 0 Å². The van der Waals surface area contributed by atoms with Gasteiger partial charge in [-0.1, -0.05) is 35.9 Å². The number of para-hydroxylation sites is 1. The Kier molecular flexibility index (Phi) is 4.64. The number of nitrogen functional groups attached to an aromatic ring is 1. The highest BCUT2D eigenvalue weighted by Gasteiger charge is 2.07. The van der Waals surface area contributed by atoms with Crippen LogP contribution in [0, 0.1) is 6.92 Å². The number of hydrogen-bond acceptors (Lipinski definition) is 2. The normalized spacial score (nSPS) is 10.3. The zero-order valence-electron chi connectivity index (χ0n) is 11.3. The summed E-state index contributed by atoms with van der Waals surface area (Å²) in [6.07, 6.45) is 0.987. The molecule has 0 bridgehead atoms. The first kappa shape index (κ1) is 14.4. The lowest BCUT2D eigenvalue weighted by molar-refractivity contribution is -0.116. The second kappa shape index (κ2) is 6.44. The number of rotatable bonds is 4. The van der Waals surface area contributed by atoms with Crippen LogP contribution in [0.3, 0.4) is 0 Å². The second-order valence-electron chi connectivity index (χ2n) is 4.73. The lowest BCUT2D eigenvalue weighted by Gasteiger charge is -2.09. The lowest BCUT2D eigenvalue weighted by Crippen LogP contribution is -2.13. The maximum Gasteiger partial charge on any atom is 0.224 e. The molecule has 0 aromatic heterocycles. The quantitative estimate of drug-likeness (QED) is 0.841. The number of carbonyl (C=O) groups excluding carboxylic acids is 1. The number of benzene rings is 2. The Morgan fingerprint density at radius 2 is 2.00 bits per heavy atom. The molecule has 0 spiro atoms. The summed E-state index contributed by atoms with van der Waals surface area (Å²) < 4.78 is 0. The molecule has 0 heterocycles. The summed E-state index contributed by atoms with van der Waals surface area (Å²) in [6.45, 7) is 1.95. The van der Waals surface area contributed by atoms with Crippen LogP contribution in [0.25, 0.3) is 0 Å². The molecule has 0 radical (unpaired) electrons. The first-order valence-corrected chi connectivity index (χ1v) is 6.83. The smallest absolute Gasteiger partial charge is 0.224 e. The van der Waals surface area contributed by atoms with Crippen LogP contribution in [0.5, 0.6) is 0 Å². The summed E-state index contributed by atoms with van der Waals surface area (Å²) in [4.78, 5) is 11.9. The van der Waals surface area contributed by atoms with Crippen LogP contribution in [-0.4, -0.2) is 5.91 Å². The minimum Gasteiger partial charge on any atom is -0.399 e. The van der Waals surface area contributed by atoms with E-state index >= 15 is 0 Å². The summed E-state index contributed by atoms with van der Waals surface area (Å²) in [5.74, 6) is -0.0704. The van der Waals surface area contributed by atoms with Crippen molar-refractivity contribution in [1.29, 1.82) is 0 Å². The molecular formula is C16H17ClN2O. The van der Waals surface area contributed by atoms with Crippen LogP contribution in [0.4, 0.5) is 11.4 Å². The van der Waals surface area contributed by atoms with E-state index in [2.05, 4.69) is 5.32 Å². The number of carbonyl (C=O) groups is 1. The summed E-state index contributed by atoms with van der Waals surface area (Å²) in [5.41, 5.74) is 9.25. The third-order valence-corrected chi connectivity index (χ3v) is 3.39. The lowest BCUT2D eigenvalue weighted by atomic mass is 10.1. The molecule has 0 saturated carbocycles. The van der Waals surface area contributed by atoms with Crippen LogP contribution in [-0.2, 0) is 11.2 Å². The highest BCUT2D eigenvalue weighted by atomic mass is 35.5. The van der Waals surface area contributed by atoms with Gasteiger partial charge in [0.1, 0.15) is 0 Å². The van der Waals surface area contributed by atoms with E-state index in [1.807, 2.05) is 49.4 Å². The molecule has 0 aliphatic heterocycles. The monoisotopic (exact) mass is 288 g/mol. The molecule has 3 N–H and O–H groups in total. The number of hydrogen-bond donors (Lipinski definition) is 2. The van der Waals surface area contributed by atoms with Gasteiger partial charge in [0, 0.05) is 12.1 Å². The third kappa shape index (κ3) is 3.75. The molecule has 0 unspecified atom stereocenters. The third-order valence-electron chi connectivity index (χ3n) is 3.08. The Balaban J connectivity index is 1.94. The van der Waals surface area contributed by atoms with E-state index in [0.717, 1.165) is 11.1 Å². The molecule has 0 aliphatic carbocycles. The molecule has 0 fully saturated rings. The summed E-state index contributed by atoms with van der Waals surface area (Å²) in [6, 6.07) is 13.1. The van der Waals surface area contributed by atoms with Crippen molar-refractivity contribution in [2.24, 2.45) is 0 Å². The van der Waals surface area contributed by atoms with Crippen LogP contribution in [0.15, 0.2) is 42.5 Å². The van der Waals surface area contributed by atoms with Crippen LogP contribution < -0.4 is 11.1 Å². The van der Waals surface area contributed by atoms with Crippen molar-refractivity contribution in [3.05, 3.63) is 58.6 Å². The summed E-state index contributed by atoms with van der Waals surface area (Å²) in [5, 5.41) is 3.37. The molecule has 2 aromatic rings. The van der Waals surface area contributed by atoms with Crippen LogP contribution in [0.2, 0.25) is 5.02 Å². The number of amides is 1. The van der Waals surface area contributed by atoms with E-state index in [-0.39, 0.29) is 5.91 Å². The molecule has 4 heteroatoms. The fourth-order valence-corrected chi connectivity index (χ4v) is 2.23. The predicted molar refractivity (Wildman–Crippen MR) is 84.0 cm³/mol. The zero-order chi connectivity index (χ0) is 14.5. The minimum absolute atomic E-state index is 0.0704. The molecule has 104 valence electrons. The maximum absolute atomic E-state index is 11.9. The van der Waals surface area contributed by atoms with Gasteiger partial charge < -0.3 is 11.1 Å². The number of nitrogens with two attached hydrogens (primary N) is 1. The minimum atomic E-state index is -0.0704. The Morgan fingerprint density at radius 3 is 2.70 bits per heavy atom. The molecule has 0 aliphatic rings. The van der Waals surface area contributed by atoms with Gasteiger partial charge in [-0.05, 0) is 42.7 Å². The number of halogens is 1. The van der Waals surface area contributed by atoms with E-state index in [1.165, 1.54) is 0 Å². The topological polar surface area (TPSA) is 55.1 Å². The zero-order valence-corrected chi connectivity index (χ0v) is 12.1. The van der Waals surface area contributed by atoms with Gasteiger partial charge in [-0.3, -0.25) is 4.79 Å². The van der Waals surface area contributed by atoms with Crippen molar-refractivity contribution in [3.63, 3.8) is 0 Å². The molecule has 3 nitrogen and oxygen atoms in total. The van der Waals surface area contributed by atoms with Gasteiger partial charge >= 0.3 is 0 Å². The van der Waals surface area contributed by atoms with Crippen molar-refractivity contribution in [3.8, 4) is 0 Å². The van der Waals surface area contributed by atoms with Gasteiger partial charge in [0.25, 0.3) is 0 Å². The highest BCUT2D eigenvalue weighted by Crippen LogP contribution is 2.23. The first-order valence-electron chi connectivity index (χ1n) is 6.45. The Bertz CT molecular complexity index is 626. The van der Waals surface area contributed by atoms with Crippen molar-refractivity contribution in [2.75, 3.05) is 11.1 Å². The van der Waals surface area contributed by atoms with Gasteiger partial charge in [0.05, 0.1) is 10.7 Å². The maximum atomic E-state index is 11.9. The predicted octanol–water partition coefficient (Wildman–Crippen LogP) is 3.80. The van der Waals surface area contributed by atoms with Crippen LogP contribution in [0.1, 0.15) is 17.5 Å². The van der Waals surface area contributed by atoms with Gasteiger partial charge in [-0.15, -0.1) is 0 Å². The Hall–Kier alpha value is -2.00. The highest BCUT2D eigenvalue weighted by molar-refractivity contribution is 6.33. The van der Waals surface area contributed by atoms with E-state index in [4.69, 9.17) is 17.3 Å². The Labute approximate surface area is 123 Å². The van der Waals surface area contributed by atoms with Crippen molar-refractivity contribution in [2.45, 2.75) is 19.8 Å². The van der Waals surface area contributed by atoms with E-state index < -0.39 is 0 Å². The SMILES string of the molecule is Cc1ccc(NC(=O)CCc2ccccc2N)c(Cl)c1. The summed E-state index contributed by atoms with van der Waals surface area (Å²) in [7, 11) is 0. The Morgan fingerprint density at radius 1 is 1.25 bits per heavy atom. The fraction of sp³-hybridized carbons (Fsp3) is 0.188. The van der Waals surface area contributed by atoms with Crippen molar-refractivity contribution < 1.29 is 4.79 Å². The van der Waals surface area contributed by atoms with Gasteiger partial charge in [0.2, 0.25) is 5.91 Å². The second-order valence-corrected chi connectivity index (χ2v) is 5.14. The molecular weight excluding hydrogens is 272 g/mol. The number of anilines is 2. The average Bonchev–Trinajstić information content (AvgIpc) is 2.41. The van der Waals surface area contributed by atoms with Crippen molar-refractivity contribution in [1.82, 2.24) is 0 Å². The number of aryl methyl sites for hydroxylation is 2. The molecule has 1 amide bonds. The first-order chi connectivity index (χ1) is 9.56. The fourth-order valence-electron chi connectivity index (χ4n) is 1.94. The van der Waals surface area contributed by atoms with E-state index in [9.17, 15) is 4.79 Å². The van der Waals surface area contributed by atoms with Crippen LogP contribution >= 0.6 is 11.6 Å². The molecule has 2 aromatic carbocycles. The molecule has 0 atom stereocenters. The van der Waals surface area contributed by atoms with Gasteiger partial charge in [-0.2, -0.15) is 0 Å². The van der Waals surface area contributed by atoms with E-state index in [0.29, 0.717) is 29.2 Å². The van der Waals surface area contributed by atoms with Crippen molar-refractivity contribution >= 4 is 28.9 Å². The summed E-state index contributed by atoms with van der Waals surface area (Å²) >= 11 is 6.08. The molecule has 0 saturated heterocycles. The van der Waals surface area contributed by atoms with E-state index in [1.54, 1.807) is 0 Å².